The molecule has 0 atom stereocenters. The van der Waals surface area contributed by atoms with E-state index in [1.54, 1.807) is 30.5 Å². The van der Waals surface area contributed by atoms with Crippen molar-refractivity contribution < 1.29 is 9.53 Å². The zero-order valence-corrected chi connectivity index (χ0v) is 16.8. The zero-order valence-electron chi connectivity index (χ0n) is 16.8. The Morgan fingerprint density at radius 2 is 1.56 bits per heavy atom. The summed E-state index contributed by atoms with van der Waals surface area (Å²) in [6.45, 7) is 13.3. The SMILES string of the molecule is CC.CC.CC.CN(CCOc1ccc(C=O)cc1)c1ccccn1. The molecule has 0 N–H and O–H groups in total. The molecule has 1 aromatic carbocycles. The summed E-state index contributed by atoms with van der Waals surface area (Å²) in [5.41, 5.74) is 0.651. The molecule has 4 nitrogen and oxygen atoms in total. The lowest BCUT2D eigenvalue weighted by Crippen LogP contribution is -2.24. The molecule has 2 aromatic rings. The van der Waals surface area contributed by atoms with Gasteiger partial charge in [-0.1, -0.05) is 47.6 Å². The van der Waals surface area contributed by atoms with Gasteiger partial charge in [-0.25, -0.2) is 4.98 Å². The van der Waals surface area contributed by atoms with Gasteiger partial charge in [0.15, 0.2) is 0 Å². The Kier molecular flexibility index (Phi) is 17.9. The number of anilines is 1. The number of aldehydes is 1. The zero-order chi connectivity index (χ0) is 19.5. The van der Waals surface area contributed by atoms with E-state index in [1.165, 1.54) is 0 Å². The van der Waals surface area contributed by atoms with Crippen LogP contribution in [-0.4, -0.2) is 31.5 Å². The number of benzene rings is 1. The van der Waals surface area contributed by atoms with Gasteiger partial charge in [0.25, 0.3) is 0 Å². The molecule has 0 radical (unpaired) electrons. The van der Waals surface area contributed by atoms with Crippen molar-refractivity contribution >= 4 is 12.1 Å². The minimum Gasteiger partial charge on any atom is -0.492 e. The molecule has 2 rings (SSSR count). The molecule has 0 fully saturated rings. The maximum absolute atomic E-state index is 10.5. The van der Waals surface area contributed by atoms with Crippen LogP contribution in [0.15, 0.2) is 48.7 Å². The Labute approximate surface area is 153 Å². The number of hydrogen-bond donors (Lipinski definition) is 0. The highest BCUT2D eigenvalue weighted by atomic mass is 16.5. The summed E-state index contributed by atoms with van der Waals surface area (Å²) >= 11 is 0. The fraction of sp³-hybridized carbons (Fsp3) is 0.429. The second kappa shape index (κ2) is 18.0. The van der Waals surface area contributed by atoms with Gasteiger partial charge in [-0.2, -0.15) is 0 Å². The molecule has 0 amide bonds. The number of rotatable bonds is 6. The molecule has 1 heterocycles. The van der Waals surface area contributed by atoms with Crippen LogP contribution in [0.2, 0.25) is 0 Å². The van der Waals surface area contributed by atoms with Crippen LogP contribution in [0.25, 0.3) is 0 Å². The van der Waals surface area contributed by atoms with Crippen molar-refractivity contribution in [1.82, 2.24) is 4.98 Å². The summed E-state index contributed by atoms with van der Waals surface area (Å²) in [7, 11) is 1.97. The Bertz CT molecular complexity index is 513. The van der Waals surface area contributed by atoms with Crippen LogP contribution in [0.3, 0.4) is 0 Å². The van der Waals surface area contributed by atoms with Crippen molar-refractivity contribution in [2.24, 2.45) is 0 Å². The van der Waals surface area contributed by atoms with Crippen LogP contribution in [0.1, 0.15) is 51.9 Å². The Morgan fingerprint density at radius 3 is 2.04 bits per heavy atom. The summed E-state index contributed by atoms with van der Waals surface area (Å²) in [5, 5.41) is 0. The number of nitrogens with zero attached hydrogens (tertiary/aromatic N) is 2. The van der Waals surface area contributed by atoms with Gasteiger partial charge < -0.3 is 9.64 Å². The number of carbonyl (C=O) groups is 1. The molecule has 0 aliphatic rings. The number of aromatic nitrogens is 1. The highest BCUT2D eigenvalue weighted by molar-refractivity contribution is 5.74. The van der Waals surface area contributed by atoms with E-state index in [0.29, 0.717) is 12.2 Å². The Balaban J connectivity index is 0. The number of likely N-dealkylation sites (N-methyl/N-ethyl adjacent to an activating group) is 1. The normalized spacial score (nSPS) is 8.28. The molecule has 0 saturated heterocycles. The van der Waals surface area contributed by atoms with E-state index in [9.17, 15) is 4.79 Å². The molecule has 4 heteroatoms. The van der Waals surface area contributed by atoms with Crippen LogP contribution in [0.5, 0.6) is 5.75 Å². The summed E-state index contributed by atoms with van der Waals surface area (Å²) in [6, 6.07) is 12.9. The molecule has 0 bridgehead atoms. The highest BCUT2D eigenvalue weighted by Gasteiger charge is 2.01. The molecule has 0 spiro atoms. The van der Waals surface area contributed by atoms with Gasteiger partial charge in [-0.3, -0.25) is 4.79 Å². The molecule has 0 aliphatic heterocycles. The predicted molar refractivity (Wildman–Crippen MR) is 109 cm³/mol. The lowest BCUT2D eigenvalue weighted by molar-refractivity contribution is 0.112. The average molecular weight is 347 g/mol. The first kappa shape index (κ1) is 24.9. The Morgan fingerprint density at radius 1 is 0.960 bits per heavy atom. The van der Waals surface area contributed by atoms with Crippen LogP contribution in [0, 0.1) is 0 Å². The molecular weight excluding hydrogens is 312 g/mol. The van der Waals surface area contributed by atoms with Gasteiger partial charge in [0.2, 0.25) is 0 Å². The van der Waals surface area contributed by atoms with Gasteiger partial charge in [0.05, 0.1) is 6.54 Å². The van der Waals surface area contributed by atoms with Gasteiger partial charge in [0, 0.05) is 18.8 Å². The van der Waals surface area contributed by atoms with Crippen molar-refractivity contribution in [1.29, 1.82) is 0 Å². The first-order valence-corrected chi connectivity index (χ1v) is 9.10. The smallest absolute Gasteiger partial charge is 0.150 e. The van der Waals surface area contributed by atoms with E-state index in [2.05, 4.69) is 4.98 Å². The fourth-order valence-electron chi connectivity index (χ4n) is 1.64. The lowest BCUT2D eigenvalue weighted by atomic mass is 10.2. The summed E-state index contributed by atoms with van der Waals surface area (Å²) in [4.78, 5) is 16.8. The van der Waals surface area contributed by atoms with Crippen LogP contribution in [0.4, 0.5) is 5.82 Å². The Hall–Kier alpha value is -2.36. The predicted octanol–water partition coefficient (Wildman–Crippen LogP) is 5.49. The van der Waals surface area contributed by atoms with Crippen molar-refractivity contribution in [3.05, 3.63) is 54.2 Å². The minimum absolute atomic E-state index is 0.563. The topological polar surface area (TPSA) is 42.4 Å². The van der Waals surface area contributed by atoms with Crippen molar-refractivity contribution in [3.8, 4) is 5.75 Å². The quantitative estimate of drug-likeness (QED) is 0.649. The summed E-state index contributed by atoms with van der Waals surface area (Å²) in [6.07, 6.45) is 2.59. The standard InChI is InChI=1S/C15H16N2O2.3C2H6/c1-17(15-4-2-3-9-16-15)10-11-19-14-7-5-13(12-18)6-8-14;3*1-2/h2-9,12H,10-11H2,1H3;3*1-2H3. The molecule has 140 valence electrons. The van der Waals surface area contributed by atoms with E-state index >= 15 is 0 Å². The summed E-state index contributed by atoms with van der Waals surface area (Å²) < 4.78 is 5.61. The maximum Gasteiger partial charge on any atom is 0.150 e. The minimum atomic E-state index is 0.563. The molecule has 0 aliphatic carbocycles. The van der Waals surface area contributed by atoms with E-state index in [4.69, 9.17) is 4.74 Å². The lowest BCUT2D eigenvalue weighted by Gasteiger charge is -2.18. The van der Waals surface area contributed by atoms with E-state index in [1.807, 2.05) is 71.7 Å². The fourth-order valence-corrected chi connectivity index (χ4v) is 1.64. The molecular formula is C21H34N2O2. The molecule has 0 unspecified atom stereocenters. The van der Waals surface area contributed by atoms with Crippen LogP contribution >= 0.6 is 0 Å². The average Bonchev–Trinajstić information content (AvgIpc) is 2.73. The monoisotopic (exact) mass is 346 g/mol. The van der Waals surface area contributed by atoms with Crippen molar-refractivity contribution in [2.45, 2.75) is 41.5 Å². The number of carbonyl (C=O) groups excluding carboxylic acids is 1. The second-order valence-corrected chi connectivity index (χ2v) is 4.14. The number of hydrogen-bond acceptors (Lipinski definition) is 4. The van der Waals surface area contributed by atoms with Gasteiger partial charge in [-0.05, 0) is 36.4 Å². The van der Waals surface area contributed by atoms with E-state index in [0.717, 1.165) is 24.4 Å². The van der Waals surface area contributed by atoms with Crippen LogP contribution < -0.4 is 9.64 Å². The third-order valence-electron chi connectivity index (χ3n) is 2.75. The van der Waals surface area contributed by atoms with E-state index < -0.39 is 0 Å². The first-order chi connectivity index (χ1) is 12.3. The second-order valence-electron chi connectivity index (χ2n) is 4.14. The number of pyridine rings is 1. The van der Waals surface area contributed by atoms with E-state index in [-0.39, 0.29) is 0 Å². The largest absolute Gasteiger partial charge is 0.492 e. The number of ether oxygens (including phenoxy) is 1. The van der Waals surface area contributed by atoms with Crippen molar-refractivity contribution in [2.75, 3.05) is 25.1 Å². The van der Waals surface area contributed by atoms with Crippen LogP contribution in [-0.2, 0) is 0 Å². The van der Waals surface area contributed by atoms with Gasteiger partial charge in [-0.15, -0.1) is 0 Å². The summed E-state index contributed by atoms with van der Waals surface area (Å²) in [5.74, 6) is 1.68. The molecule has 0 saturated carbocycles. The highest BCUT2D eigenvalue weighted by Crippen LogP contribution is 2.11. The third kappa shape index (κ3) is 10.9. The molecule has 1 aromatic heterocycles. The third-order valence-corrected chi connectivity index (χ3v) is 2.75. The van der Waals surface area contributed by atoms with Crippen molar-refractivity contribution in [3.63, 3.8) is 0 Å². The molecule has 25 heavy (non-hydrogen) atoms. The van der Waals surface area contributed by atoms with Gasteiger partial charge in [0.1, 0.15) is 24.5 Å². The van der Waals surface area contributed by atoms with Gasteiger partial charge >= 0.3 is 0 Å². The maximum atomic E-state index is 10.5. The first-order valence-electron chi connectivity index (χ1n) is 9.10.